The van der Waals surface area contributed by atoms with Gasteiger partial charge in [0.15, 0.2) is 0 Å². The van der Waals surface area contributed by atoms with Crippen molar-refractivity contribution in [3.63, 3.8) is 0 Å². The second-order valence-corrected chi connectivity index (χ2v) is 6.11. The molecule has 0 aromatic carbocycles. The topological polar surface area (TPSA) is 3.24 Å². The largest absolute Gasteiger partial charge is 0.306 e. The second-order valence-electron chi connectivity index (χ2n) is 4.35. The molecular weight excluding hydrogens is 249 g/mol. The van der Waals surface area contributed by atoms with Gasteiger partial charge in [-0.2, -0.15) is 0 Å². The summed E-state index contributed by atoms with van der Waals surface area (Å²) in [5.74, 6) is 0. The van der Waals surface area contributed by atoms with Gasteiger partial charge in [-0.3, -0.25) is 0 Å². The average Bonchev–Trinajstić information content (AvgIpc) is 1.84. The first-order chi connectivity index (χ1) is 5.20. The van der Waals surface area contributed by atoms with Crippen LogP contribution in [-0.4, -0.2) is 29.0 Å². The molecule has 0 radical (unpaired) electrons. The van der Waals surface area contributed by atoms with Crippen LogP contribution in [0.2, 0.25) is 0 Å². The summed E-state index contributed by atoms with van der Waals surface area (Å²) in [4.78, 5) is 2.51. The standard InChI is InChI=1S/C9H16IN/c1-11-4-2-3-9(7-11)5-8(10)6-9/h8H,2-7H2,1H3. The molecule has 2 aliphatic rings. The SMILES string of the molecule is CN1CCCC2(CC(I)C2)C1. The van der Waals surface area contributed by atoms with Crippen molar-refractivity contribution in [2.24, 2.45) is 5.41 Å². The Morgan fingerprint density at radius 1 is 1.45 bits per heavy atom. The molecule has 1 spiro atoms. The van der Waals surface area contributed by atoms with E-state index in [-0.39, 0.29) is 0 Å². The molecule has 1 aliphatic carbocycles. The number of hydrogen-bond acceptors (Lipinski definition) is 1. The molecule has 0 N–H and O–H groups in total. The Morgan fingerprint density at radius 2 is 2.18 bits per heavy atom. The molecule has 0 aromatic heterocycles. The van der Waals surface area contributed by atoms with Crippen LogP contribution in [0.5, 0.6) is 0 Å². The second kappa shape index (κ2) is 2.87. The first-order valence-electron chi connectivity index (χ1n) is 4.53. The summed E-state index contributed by atoms with van der Waals surface area (Å²) in [5.41, 5.74) is 0.763. The van der Waals surface area contributed by atoms with Crippen LogP contribution in [0, 0.1) is 5.41 Å². The number of likely N-dealkylation sites (tertiary alicyclic amines) is 1. The summed E-state index contributed by atoms with van der Waals surface area (Å²) in [7, 11) is 2.27. The highest BCUT2D eigenvalue weighted by Crippen LogP contribution is 2.50. The molecule has 11 heavy (non-hydrogen) atoms. The monoisotopic (exact) mass is 265 g/mol. The van der Waals surface area contributed by atoms with Crippen LogP contribution in [0.3, 0.4) is 0 Å². The Labute approximate surface area is 82.7 Å². The molecule has 0 aromatic rings. The van der Waals surface area contributed by atoms with Crippen LogP contribution < -0.4 is 0 Å². The van der Waals surface area contributed by atoms with E-state index in [9.17, 15) is 0 Å². The lowest BCUT2D eigenvalue weighted by Crippen LogP contribution is -2.49. The summed E-state index contributed by atoms with van der Waals surface area (Å²) >= 11 is 2.59. The van der Waals surface area contributed by atoms with Gasteiger partial charge in [-0.25, -0.2) is 0 Å². The molecule has 2 fully saturated rings. The van der Waals surface area contributed by atoms with Crippen molar-refractivity contribution in [3.05, 3.63) is 0 Å². The fraction of sp³-hybridized carbons (Fsp3) is 1.00. The van der Waals surface area contributed by atoms with E-state index >= 15 is 0 Å². The van der Waals surface area contributed by atoms with Crippen LogP contribution in [-0.2, 0) is 0 Å². The number of piperidine rings is 1. The van der Waals surface area contributed by atoms with Gasteiger partial charge in [0, 0.05) is 10.5 Å². The lowest BCUT2D eigenvalue weighted by Gasteiger charge is -2.50. The highest BCUT2D eigenvalue weighted by molar-refractivity contribution is 14.1. The zero-order valence-electron chi connectivity index (χ0n) is 7.15. The maximum Gasteiger partial charge on any atom is 0.0121 e. The lowest BCUT2D eigenvalue weighted by molar-refractivity contribution is 0.0422. The predicted octanol–water partition coefficient (Wildman–Crippen LogP) is 2.30. The van der Waals surface area contributed by atoms with Gasteiger partial charge < -0.3 is 4.90 Å². The lowest BCUT2D eigenvalue weighted by atomic mass is 9.64. The van der Waals surface area contributed by atoms with Gasteiger partial charge >= 0.3 is 0 Å². The zero-order valence-corrected chi connectivity index (χ0v) is 9.30. The number of halogens is 1. The number of rotatable bonds is 0. The highest BCUT2D eigenvalue weighted by atomic mass is 127. The van der Waals surface area contributed by atoms with E-state index in [1.165, 1.54) is 38.8 Å². The number of hydrogen-bond donors (Lipinski definition) is 0. The van der Waals surface area contributed by atoms with Crippen molar-refractivity contribution in [3.8, 4) is 0 Å². The zero-order chi connectivity index (χ0) is 7.90. The van der Waals surface area contributed by atoms with E-state index in [1.807, 2.05) is 0 Å². The summed E-state index contributed by atoms with van der Waals surface area (Å²) in [6, 6.07) is 0. The molecule has 64 valence electrons. The van der Waals surface area contributed by atoms with E-state index in [1.54, 1.807) is 0 Å². The van der Waals surface area contributed by atoms with Crippen LogP contribution in [0.1, 0.15) is 25.7 Å². The Morgan fingerprint density at radius 3 is 2.73 bits per heavy atom. The fourth-order valence-corrected chi connectivity index (χ4v) is 4.54. The summed E-state index contributed by atoms with van der Waals surface area (Å²) in [6.07, 6.45) is 5.90. The molecule has 0 bridgehead atoms. The molecular formula is C9H16IN. The number of alkyl halides is 1. The van der Waals surface area contributed by atoms with Gasteiger partial charge in [-0.05, 0) is 44.7 Å². The molecule has 1 nitrogen and oxygen atoms in total. The third kappa shape index (κ3) is 1.57. The molecule has 1 saturated carbocycles. The Hall–Kier alpha value is 0.690. The first kappa shape index (κ1) is 8.30. The Balaban J connectivity index is 1.93. The number of nitrogens with zero attached hydrogens (tertiary/aromatic N) is 1. The van der Waals surface area contributed by atoms with Crippen molar-refractivity contribution in [2.75, 3.05) is 20.1 Å². The van der Waals surface area contributed by atoms with Crippen molar-refractivity contribution in [2.45, 2.75) is 29.6 Å². The van der Waals surface area contributed by atoms with Crippen LogP contribution in [0.25, 0.3) is 0 Å². The van der Waals surface area contributed by atoms with Crippen LogP contribution >= 0.6 is 22.6 Å². The van der Waals surface area contributed by atoms with Gasteiger partial charge in [0.05, 0.1) is 0 Å². The van der Waals surface area contributed by atoms with E-state index in [2.05, 4.69) is 34.5 Å². The normalized spacial score (nSPS) is 45.8. The third-order valence-electron chi connectivity index (χ3n) is 3.16. The summed E-state index contributed by atoms with van der Waals surface area (Å²) in [5, 5.41) is 0. The van der Waals surface area contributed by atoms with Crippen molar-refractivity contribution in [1.82, 2.24) is 4.90 Å². The molecule has 2 heteroatoms. The van der Waals surface area contributed by atoms with Gasteiger partial charge in [0.25, 0.3) is 0 Å². The van der Waals surface area contributed by atoms with Crippen molar-refractivity contribution >= 4 is 22.6 Å². The summed E-state index contributed by atoms with van der Waals surface area (Å²) < 4.78 is 0.985. The van der Waals surface area contributed by atoms with Crippen molar-refractivity contribution in [1.29, 1.82) is 0 Å². The molecule has 0 amide bonds. The minimum absolute atomic E-state index is 0.763. The van der Waals surface area contributed by atoms with E-state index < -0.39 is 0 Å². The minimum atomic E-state index is 0.763. The predicted molar refractivity (Wildman–Crippen MR) is 56.2 cm³/mol. The molecule has 1 saturated heterocycles. The van der Waals surface area contributed by atoms with E-state index in [4.69, 9.17) is 0 Å². The van der Waals surface area contributed by atoms with Gasteiger partial charge in [-0.15, -0.1) is 0 Å². The first-order valence-corrected chi connectivity index (χ1v) is 5.77. The average molecular weight is 265 g/mol. The Bertz CT molecular complexity index is 146. The molecule has 1 aliphatic heterocycles. The third-order valence-corrected chi connectivity index (χ3v) is 4.04. The minimum Gasteiger partial charge on any atom is -0.306 e. The molecule has 1 heterocycles. The Kier molecular flexibility index (Phi) is 2.17. The smallest absolute Gasteiger partial charge is 0.0121 e. The summed E-state index contributed by atoms with van der Waals surface area (Å²) in [6.45, 7) is 2.69. The molecule has 0 atom stereocenters. The van der Waals surface area contributed by atoms with Gasteiger partial charge in [-0.1, -0.05) is 22.6 Å². The van der Waals surface area contributed by atoms with E-state index in [0.717, 1.165) is 9.34 Å². The maximum absolute atomic E-state index is 2.59. The molecule has 0 unspecified atom stereocenters. The maximum atomic E-state index is 2.59. The van der Waals surface area contributed by atoms with Gasteiger partial charge in [0.2, 0.25) is 0 Å². The van der Waals surface area contributed by atoms with Crippen molar-refractivity contribution < 1.29 is 0 Å². The quantitative estimate of drug-likeness (QED) is 0.480. The van der Waals surface area contributed by atoms with Crippen LogP contribution in [0.15, 0.2) is 0 Å². The highest BCUT2D eigenvalue weighted by Gasteiger charge is 2.44. The van der Waals surface area contributed by atoms with E-state index in [0.29, 0.717) is 0 Å². The fourth-order valence-electron chi connectivity index (χ4n) is 2.67. The van der Waals surface area contributed by atoms with Gasteiger partial charge in [0.1, 0.15) is 0 Å². The molecule has 2 rings (SSSR count). The van der Waals surface area contributed by atoms with Crippen LogP contribution in [0.4, 0.5) is 0 Å².